The molecule has 2 aromatic carbocycles. The number of benzene rings is 2. The molecule has 0 spiro atoms. The molecule has 3 aromatic rings. The van der Waals surface area contributed by atoms with Crippen LogP contribution in [-0.4, -0.2) is 67.8 Å². The molecule has 178 valence electrons. The first-order valence-corrected chi connectivity index (χ1v) is 12.7. The van der Waals surface area contributed by atoms with Gasteiger partial charge >= 0.3 is 0 Å². The van der Waals surface area contributed by atoms with Crippen molar-refractivity contribution in [2.75, 3.05) is 25.4 Å². The minimum atomic E-state index is -0.166. The molecule has 0 saturated carbocycles. The van der Waals surface area contributed by atoms with E-state index in [4.69, 9.17) is 34.8 Å². The molecule has 7 nitrogen and oxygen atoms in total. The topological polar surface area (TPSA) is 71.3 Å². The van der Waals surface area contributed by atoms with Crippen LogP contribution in [-0.2, 0) is 4.79 Å². The summed E-state index contributed by atoms with van der Waals surface area (Å²) in [5.74, 6) is 0.730. The Kier molecular flexibility index (Phi) is 7.72. The number of halogens is 3. The molecule has 4 rings (SSSR count). The highest BCUT2D eigenvalue weighted by atomic mass is 35.5. The van der Waals surface area contributed by atoms with E-state index in [1.807, 2.05) is 36.6 Å². The van der Waals surface area contributed by atoms with Gasteiger partial charge in [0.25, 0.3) is 5.91 Å². The van der Waals surface area contributed by atoms with Crippen LogP contribution in [0, 0.1) is 6.92 Å². The first kappa shape index (κ1) is 24.9. The maximum Gasteiger partial charge on any atom is 0.255 e. The van der Waals surface area contributed by atoms with E-state index in [0.29, 0.717) is 51.2 Å². The maximum absolute atomic E-state index is 13.0. The number of carbonyl (C=O) groups is 2. The van der Waals surface area contributed by atoms with Gasteiger partial charge < -0.3 is 9.80 Å². The molecular formula is C23H22Cl3N5O2S. The summed E-state index contributed by atoms with van der Waals surface area (Å²) in [5.41, 5.74) is 1.25. The molecular weight excluding hydrogens is 517 g/mol. The number of carbonyl (C=O) groups excluding carboxylic acids is 2. The summed E-state index contributed by atoms with van der Waals surface area (Å²) in [6, 6.07) is 12.1. The largest absolute Gasteiger partial charge is 0.338 e. The summed E-state index contributed by atoms with van der Waals surface area (Å²) in [7, 11) is 0. The fraction of sp³-hybridized carbons (Fsp3) is 0.304. The molecule has 2 amide bonds. The third-order valence-corrected chi connectivity index (χ3v) is 7.29. The maximum atomic E-state index is 13.0. The number of hydrogen-bond acceptors (Lipinski definition) is 5. The van der Waals surface area contributed by atoms with Crippen molar-refractivity contribution in [1.29, 1.82) is 0 Å². The van der Waals surface area contributed by atoms with Gasteiger partial charge in [-0.05, 0) is 50.2 Å². The molecule has 34 heavy (non-hydrogen) atoms. The van der Waals surface area contributed by atoms with Crippen molar-refractivity contribution in [1.82, 2.24) is 24.6 Å². The number of rotatable bonds is 5. The number of amides is 2. The third kappa shape index (κ3) is 5.35. The Balaban J connectivity index is 1.38. The Bertz CT molecular complexity index is 1240. The zero-order valence-corrected chi connectivity index (χ0v) is 21.6. The monoisotopic (exact) mass is 537 g/mol. The fourth-order valence-electron chi connectivity index (χ4n) is 3.87. The Labute approximate surface area is 217 Å². The van der Waals surface area contributed by atoms with Gasteiger partial charge in [-0.25, -0.2) is 0 Å². The molecule has 0 N–H and O–H groups in total. The summed E-state index contributed by atoms with van der Waals surface area (Å²) in [6.07, 6.45) is 0. The number of thioether (sulfide) groups is 1. The zero-order valence-electron chi connectivity index (χ0n) is 18.5. The van der Waals surface area contributed by atoms with E-state index in [1.165, 1.54) is 11.8 Å². The van der Waals surface area contributed by atoms with Crippen LogP contribution >= 0.6 is 46.6 Å². The number of aryl methyl sites for hydroxylation is 1. The summed E-state index contributed by atoms with van der Waals surface area (Å²) >= 11 is 19.6. The average Bonchev–Trinajstić information content (AvgIpc) is 3.17. The standard InChI is InChI=1S/C23H22Cl3N5O2S/c1-14-12-29(8-9-30(14)22(33)19-7-6-17(25)11-20(19)26)21(32)13-34-23-28-27-15(2)31(23)18-5-3-4-16(24)10-18/h3-7,10-11,14H,8-9,12-13H2,1-2H3. The van der Waals surface area contributed by atoms with Gasteiger partial charge in [0.2, 0.25) is 5.91 Å². The van der Waals surface area contributed by atoms with Crippen molar-refractivity contribution in [3.63, 3.8) is 0 Å². The Morgan fingerprint density at radius 1 is 1.06 bits per heavy atom. The first-order chi connectivity index (χ1) is 16.2. The van der Waals surface area contributed by atoms with Crippen LogP contribution in [0.4, 0.5) is 0 Å². The normalized spacial score (nSPS) is 16.1. The van der Waals surface area contributed by atoms with Gasteiger partial charge in [0.1, 0.15) is 5.82 Å². The summed E-state index contributed by atoms with van der Waals surface area (Å²) in [4.78, 5) is 29.5. The highest BCUT2D eigenvalue weighted by molar-refractivity contribution is 7.99. The number of hydrogen-bond donors (Lipinski definition) is 0. The van der Waals surface area contributed by atoms with E-state index in [2.05, 4.69) is 10.2 Å². The van der Waals surface area contributed by atoms with Crippen LogP contribution in [0.15, 0.2) is 47.6 Å². The van der Waals surface area contributed by atoms with Crippen LogP contribution in [0.25, 0.3) is 5.69 Å². The predicted molar refractivity (Wildman–Crippen MR) is 135 cm³/mol. The van der Waals surface area contributed by atoms with Gasteiger partial charge in [0.15, 0.2) is 5.16 Å². The van der Waals surface area contributed by atoms with Gasteiger partial charge in [0, 0.05) is 35.7 Å². The van der Waals surface area contributed by atoms with E-state index >= 15 is 0 Å². The Morgan fingerprint density at radius 2 is 1.82 bits per heavy atom. The Morgan fingerprint density at radius 3 is 2.53 bits per heavy atom. The zero-order chi connectivity index (χ0) is 24.4. The van der Waals surface area contributed by atoms with E-state index < -0.39 is 0 Å². The first-order valence-electron chi connectivity index (χ1n) is 10.6. The highest BCUT2D eigenvalue weighted by Gasteiger charge is 2.31. The lowest BCUT2D eigenvalue weighted by atomic mass is 10.1. The van der Waals surface area contributed by atoms with Crippen LogP contribution in [0.2, 0.25) is 15.1 Å². The lowest BCUT2D eigenvalue weighted by Crippen LogP contribution is -2.55. The van der Waals surface area contributed by atoms with Crippen LogP contribution in [0.5, 0.6) is 0 Å². The molecule has 1 atom stereocenters. The quantitative estimate of drug-likeness (QED) is 0.428. The molecule has 11 heteroatoms. The second-order valence-electron chi connectivity index (χ2n) is 7.95. The Hall–Kier alpha value is -2.26. The molecule has 2 heterocycles. The lowest BCUT2D eigenvalue weighted by Gasteiger charge is -2.40. The second kappa shape index (κ2) is 10.6. The minimum Gasteiger partial charge on any atom is -0.338 e. The number of nitrogens with zero attached hydrogens (tertiary/aromatic N) is 5. The van der Waals surface area contributed by atoms with Gasteiger partial charge in [-0.1, -0.05) is 52.6 Å². The van der Waals surface area contributed by atoms with Gasteiger partial charge in [-0.3, -0.25) is 14.2 Å². The van der Waals surface area contributed by atoms with Crippen molar-refractivity contribution in [3.8, 4) is 5.69 Å². The number of aromatic nitrogens is 3. The number of piperazine rings is 1. The molecule has 1 unspecified atom stereocenters. The van der Waals surface area contributed by atoms with Gasteiger partial charge in [-0.2, -0.15) is 0 Å². The molecule has 0 radical (unpaired) electrons. The van der Waals surface area contributed by atoms with E-state index in [1.54, 1.807) is 34.1 Å². The minimum absolute atomic E-state index is 0.0215. The van der Waals surface area contributed by atoms with Crippen LogP contribution in [0.1, 0.15) is 23.1 Å². The molecule has 1 fully saturated rings. The van der Waals surface area contributed by atoms with E-state index in [-0.39, 0.29) is 23.6 Å². The van der Waals surface area contributed by atoms with E-state index in [0.717, 1.165) is 5.69 Å². The molecule has 0 bridgehead atoms. The molecule has 0 aliphatic carbocycles. The highest BCUT2D eigenvalue weighted by Crippen LogP contribution is 2.26. The third-order valence-electron chi connectivity index (χ3n) is 5.59. The molecule has 1 aliphatic heterocycles. The average molecular weight is 539 g/mol. The summed E-state index contributed by atoms with van der Waals surface area (Å²) in [6.45, 7) is 5.09. The molecule has 1 aliphatic rings. The van der Waals surface area contributed by atoms with Crippen molar-refractivity contribution in [3.05, 3.63) is 68.9 Å². The van der Waals surface area contributed by atoms with E-state index in [9.17, 15) is 9.59 Å². The predicted octanol–water partition coefficient (Wildman–Crippen LogP) is 5.00. The van der Waals surface area contributed by atoms with Crippen LogP contribution < -0.4 is 0 Å². The van der Waals surface area contributed by atoms with Gasteiger partial charge in [0.05, 0.1) is 22.0 Å². The van der Waals surface area contributed by atoms with Crippen molar-refractivity contribution in [2.24, 2.45) is 0 Å². The smallest absolute Gasteiger partial charge is 0.255 e. The van der Waals surface area contributed by atoms with Crippen molar-refractivity contribution >= 4 is 58.4 Å². The SMILES string of the molecule is Cc1nnc(SCC(=O)N2CCN(C(=O)c3ccc(Cl)cc3Cl)C(C)C2)n1-c1cccc(Cl)c1. The second-order valence-corrected chi connectivity index (χ2v) is 10.2. The van der Waals surface area contributed by atoms with Crippen molar-refractivity contribution in [2.45, 2.75) is 25.0 Å². The summed E-state index contributed by atoms with van der Waals surface area (Å²) < 4.78 is 1.87. The molecule has 1 aromatic heterocycles. The van der Waals surface area contributed by atoms with Crippen LogP contribution in [0.3, 0.4) is 0 Å². The van der Waals surface area contributed by atoms with Crippen molar-refractivity contribution < 1.29 is 9.59 Å². The lowest BCUT2D eigenvalue weighted by molar-refractivity contribution is -0.130. The van der Waals surface area contributed by atoms with Gasteiger partial charge in [-0.15, -0.1) is 10.2 Å². The fourth-order valence-corrected chi connectivity index (χ4v) is 5.44. The molecule has 1 saturated heterocycles. The summed E-state index contributed by atoms with van der Waals surface area (Å²) in [5, 5.41) is 10.4.